The number of oxime groups is 1. The van der Waals surface area contributed by atoms with Crippen molar-refractivity contribution in [3.63, 3.8) is 0 Å². The predicted octanol–water partition coefficient (Wildman–Crippen LogP) is 2.68. The van der Waals surface area contributed by atoms with Gasteiger partial charge in [0, 0.05) is 35.6 Å². The molecule has 0 aliphatic rings. The summed E-state index contributed by atoms with van der Waals surface area (Å²) in [6, 6.07) is 9.41. The van der Waals surface area contributed by atoms with E-state index < -0.39 is 0 Å². The molecule has 0 saturated heterocycles. The van der Waals surface area contributed by atoms with Crippen molar-refractivity contribution in [3.05, 3.63) is 64.4 Å². The van der Waals surface area contributed by atoms with Gasteiger partial charge in [0.05, 0.1) is 0 Å². The van der Waals surface area contributed by atoms with Crippen LogP contribution in [0.25, 0.3) is 0 Å². The number of hydrogen-bond donors (Lipinski definition) is 3. The third-order valence-electron chi connectivity index (χ3n) is 3.24. The first-order valence-corrected chi connectivity index (χ1v) is 6.89. The van der Waals surface area contributed by atoms with Crippen molar-refractivity contribution < 1.29 is 5.21 Å². The highest BCUT2D eigenvalue weighted by Gasteiger charge is 2.08. The molecule has 0 aliphatic heterocycles. The maximum absolute atomic E-state index is 8.65. The Balaban J connectivity index is 2.04. The minimum absolute atomic E-state index is 0.0418. The van der Waals surface area contributed by atoms with E-state index in [2.05, 4.69) is 22.4 Å². The van der Waals surface area contributed by atoms with Crippen molar-refractivity contribution in [2.75, 3.05) is 0 Å². The van der Waals surface area contributed by atoms with Crippen molar-refractivity contribution in [1.29, 1.82) is 0 Å². The maximum Gasteiger partial charge on any atom is 0.170 e. The van der Waals surface area contributed by atoms with Gasteiger partial charge in [-0.1, -0.05) is 35.0 Å². The lowest BCUT2D eigenvalue weighted by Gasteiger charge is -2.15. The second kappa shape index (κ2) is 7.06. The molecule has 0 saturated carbocycles. The Morgan fingerprint density at radius 1 is 1.48 bits per heavy atom. The van der Waals surface area contributed by atoms with E-state index in [9.17, 15) is 0 Å². The number of pyridine rings is 1. The molecule has 0 radical (unpaired) electrons. The number of hydrogen-bond acceptors (Lipinski definition) is 4. The summed E-state index contributed by atoms with van der Waals surface area (Å²) in [6.45, 7) is 2.68. The third-order valence-corrected chi connectivity index (χ3v) is 3.59. The molecule has 0 bridgehead atoms. The molecule has 110 valence electrons. The zero-order valence-corrected chi connectivity index (χ0v) is 12.4. The largest absolute Gasteiger partial charge is 0.409 e. The first-order chi connectivity index (χ1) is 10.1. The molecule has 0 spiro atoms. The minimum atomic E-state index is 0.0418. The number of nitrogens with zero attached hydrogens (tertiary/aromatic N) is 2. The molecule has 0 fully saturated rings. The van der Waals surface area contributed by atoms with Crippen LogP contribution >= 0.6 is 11.6 Å². The Hall–Kier alpha value is -2.11. The number of nitrogens with two attached hydrogens (primary N) is 1. The average molecular weight is 305 g/mol. The Morgan fingerprint density at radius 3 is 2.90 bits per heavy atom. The van der Waals surface area contributed by atoms with Crippen LogP contribution in [0.4, 0.5) is 0 Å². The van der Waals surface area contributed by atoms with Crippen molar-refractivity contribution in [1.82, 2.24) is 10.3 Å². The summed E-state index contributed by atoms with van der Waals surface area (Å²) in [5, 5.41) is 15.6. The van der Waals surface area contributed by atoms with Crippen molar-refractivity contribution >= 4 is 17.4 Å². The SMILES string of the molecule is C[C@@H](NCc1ccc(/C(N)=N/O)cc1Cl)c1cccnc1. The van der Waals surface area contributed by atoms with Crippen LogP contribution in [0.5, 0.6) is 0 Å². The zero-order chi connectivity index (χ0) is 15.2. The van der Waals surface area contributed by atoms with Gasteiger partial charge in [0.2, 0.25) is 0 Å². The van der Waals surface area contributed by atoms with Crippen molar-refractivity contribution in [2.45, 2.75) is 19.5 Å². The molecule has 0 amide bonds. The van der Waals surface area contributed by atoms with Crippen LogP contribution in [0.1, 0.15) is 29.7 Å². The summed E-state index contributed by atoms with van der Waals surface area (Å²) in [4.78, 5) is 4.10. The van der Waals surface area contributed by atoms with Gasteiger partial charge < -0.3 is 16.3 Å². The van der Waals surface area contributed by atoms with Crippen molar-refractivity contribution in [3.8, 4) is 0 Å². The predicted molar refractivity (Wildman–Crippen MR) is 83.5 cm³/mol. The van der Waals surface area contributed by atoms with Crippen LogP contribution in [0.15, 0.2) is 47.9 Å². The Kier molecular flexibility index (Phi) is 5.14. The second-order valence-corrected chi connectivity index (χ2v) is 5.09. The number of halogens is 1. The summed E-state index contributed by atoms with van der Waals surface area (Å²) in [5.74, 6) is 0.0418. The van der Waals surface area contributed by atoms with Crippen LogP contribution in [0.2, 0.25) is 5.02 Å². The lowest BCUT2D eigenvalue weighted by atomic mass is 10.1. The van der Waals surface area contributed by atoms with E-state index in [-0.39, 0.29) is 11.9 Å². The lowest BCUT2D eigenvalue weighted by molar-refractivity contribution is 0.318. The van der Waals surface area contributed by atoms with Crippen LogP contribution in [-0.4, -0.2) is 16.0 Å². The fraction of sp³-hybridized carbons (Fsp3) is 0.200. The molecule has 2 rings (SSSR count). The van der Waals surface area contributed by atoms with E-state index in [0.717, 1.165) is 11.1 Å². The first-order valence-electron chi connectivity index (χ1n) is 6.51. The summed E-state index contributed by atoms with van der Waals surface area (Å²) in [7, 11) is 0. The number of aromatic nitrogens is 1. The second-order valence-electron chi connectivity index (χ2n) is 4.68. The fourth-order valence-corrected chi connectivity index (χ4v) is 2.17. The summed E-state index contributed by atoms with van der Waals surface area (Å²) < 4.78 is 0. The quantitative estimate of drug-likeness (QED) is 0.343. The molecule has 4 N–H and O–H groups in total. The topological polar surface area (TPSA) is 83.5 Å². The number of nitrogens with one attached hydrogen (secondary N) is 1. The first kappa shape index (κ1) is 15.3. The van der Waals surface area contributed by atoms with Gasteiger partial charge in [0.15, 0.2) is 5.84 Å². The molecule has 1 atom stereocenters. The van der Waals surface area contributed by atoms with Crippen LogP contribution < -0.4 is 11.1 Å². The Bertz CT molecular complexity index is 631. The maximum atomic E-state index is 8.65. The van der Waals surface area contributed by atoms with Gasteiger partial charge in [-0.05, 0) is 30.2 Å². The van der Waals surface area contributed by atoms with Crippen LogP contribution in [0, 0.1) is 0 Å². The molecule has 5 nitrogen and oxygen atoms in total. The zero-order valence-electron chi connectivity index (χ0n) is 11.6. The van der Waals surface area contributed by atoms with E-state index in [0.29, 0.717) is 17.1 Å². The van der Waals surface area contributed by atoms with Gasteiger partial charge in [0.1, 0.15) is 0 Å². The molecule has 2 aromatic rings. The number of amidine groups is 1. The van der Waals surface area contributed by atoms with Gasteiger partial charge in [-0.2, -0.15) is 0 Å². The van der Waals surface area contributed by atoms with E-state index in [1.807, 2.05) is 24.4 Å². The number of benzene rings is 1. The molecule has 1 heterocycles. The average Bonchev–Trinajstić information content (AvgIpc) is 2.53. The standard InChI is InChI=1S/C15H17ClN4O/c1-10(12-3-2-6-18-8-12)19-9-13-5-4-11(7-14(13)16)15(17)20-21/h2-8,10,19,21H,9H2,1H3,(H2,17,20)/t10-/m1/s1. The highest BCUT2D eigenvalue weighted by molar-refractivity contribution is 6.31. The Morgan fingerprint density at radius 2 is 2.29 bits per heavy atom. The molecular formula is C15H17ClN4O. The molecule has 0 unspecified atom stereocenters. The molecule has 6 heteroatoms. The van der Waals surface area contributed by atoms with Gasteiger partial charge in [-0.15, -0.1) is 0 Å². The van der Waals surface area contributed by atoms with Gasteiger partial charge in [0.25, 0.3) is 0 Å². The summed E-state index contributed by atoms with van der Waals surface area (Å²) in [6.07, 6.45) is 3.58. The fourth-order valence-electron chi connectivity index (χ4n) is 1.92. The summed E-state index contributed by atoms with van der Waals surface area (Å²) >= 11 is 6.22. The highest BCUT2D eigenvalue weighted by Crippen LogP contribution is 2.19. The van der Waals surface area contributed by atoms with E-state index >= 15 is 0 Å². The molecular weight excluding hydrogens is 288 g/mol. The van der Waals surface area contributed by atoms with Gasteiger partial charge in [-0.3, -0.25) is 4.98 Å². The monoisotopic (exact) mass is 304 g/mol. The third kappa shape index (κ3) is 3.93. The summed E-state index contributed by atoms with van der Waals surface area (Å²) in [5.41, 5.74) is 8.18. The van der Waals surface area contributed by atoms with Gasteiger partial charge >= 0.3 is 0 Å². The smallest absolute Gasteiger partial charge is 0.170 e. The number of rotatable bonds is 5. The van der Waals surface area contributed by atoms with E-state index in [1.54, 1.807) is 18.3 Å². The van der Waals surface area contributed by atoms with Gasteiger partial charge in [-0.25, -0.2) is 0 Å². The molecule has 21 heavy (non-hydrogen) atoms. The van der Waals surface area contributed by atoms with Crippen molar-refractivity contribution in [2.24, 2.45) is 10.9 Å². The van der Waals surface area contributed by atoms with E-state index in [4.69, 9.17) is 22.5 Å². The molecule has 1 aromatic carbocycles. The molecule has 0 aliphatic carbocycles. The van der Waals surface area contributed by atoms with Crippen LogP contribution in [0.3, 0.4) is 0 Å². The Labute approximate surface area is 128 Å². The van der Waals surface area contributed by atoms with Crippen LogP contribution in [-0.2, 0) is 6.54 Å². The normalized spacial score (nSPS) is 13.1. The lowest BCUT2D eigenvalue weighted by Crippen LogP contribution is -2.19. The molecule has 1 aromatic heterocycles. The van der Waals surface area contributed by atoms with E-state index in [1.165, 1.54) is 0 Å². The minimum Gasteiger partial charge on any atom is -0.409 e. The highest BCUT2D eigenvalue weighted by atomic mass is 35.5.